The lowest BCUT2D eigenvalue weighted by Crippen LogP contribution is -2.61. The third-order valence-electron chi connectivity index (χ3n) is 8.00. The van der Waals surface area contributed by atoms with Gasteiger partial charge >= 0.3 is 6.03 Å². The highest BCUT2D eigenvalue weighted by molar-refractivity contribution is 6.37. The van der Waals surface area contributed by atoms with Gasteiger partial charge in [0.15, 0.2) is 0 Å². The minimum absolute atomic E-state index is 0.0392. The van der Waals surface area contributed by atoms with Gasteiger partial charge in [0, 0.05) is 26.7 Å². The average Bonchev–Trinajstić information content (AvgIpc) is 3.67. The van der Waals surface area contributed by atoms with Crippen molar-refractivity contribution in [2.24, 2.45) is 28.9 Å². The molecule has 0 aromatic heterocycles. The first-order valence-corrected chi connectivity index (χ1v) is 14.4. The second-order valence-electron chi connectivity index (χ2n) is 12.3. The lowest BCUT2D eigenvalue weighted by atomic mass is 9.85. The van der Waals surface area contributed by atoms with Crippen molar-refractivity contribution in [2.45, 2.75) is 78.9 Å². The van der Waals surface area contributed by atoms with E-state index < -0.39 is 53.1 Å². The van der Waals surface area contributed by atoms with Crippen molar-refractivity contribution >= 4 is 35.4 Å². The number of likely N-dealkylation sites (N-methyl/N-ethyl adjacent to an activating group) is 1. The van der Waals surface area contributed by atoms with Crippen LogP contribution in [0.15, 0.2) is 0 Å². The van der Waals surface area contributed by atoms with Gasteiger partial charge in [-0.1, -0.05) is 47.5 Å². The van der Waals surface area contributed by atoms with Crippen LogP contribution in [0.1, 0.15) is 60.8 Å². The number of rotatable bonds is 14. The van der Waals surface area contributed by atoms with Crippen LogP contribution in [0, 0.1) is 23.2 Å². The fourth-order valence-electron chi connectivity index (χ4n) is 5.06. The highest BCUT2D eigenvalue weighted by atomic mass is 16.5. The maximum Gasteiger partial charge on any atom is 0.315 e. The lowest BCUT2D eigenvalue weighted by molar-refractivity contribution is -0.144. The van der Waals surface area contributed by atoms with Gasteiger partial charge in [0.05, 0.1) is 19.2 Å². The van der Waals surface area contributed by atoms with Gasteiger partial charge in [-0.2, -0.15) is 0 Å². The number of primary amides is 1. The number of ketones is 1. The molecule has 2 fully saturated rings. The minimum atomic E-state index is -1.11. The summed E-state index contributed by atoms with van der Waals surface area (Å²) in [5.41, 5.74) is 4.49. The van der Waals surface area contributed by atoms with Crippen LogP contribution in [0.2, 0.25) is 0 Å². The van der Waals surface area contributed by atoms with Crippen molar-refractivity contribution in [3.05, 3.63) is 0 Å². The molecule has 13 heteroatoms. The summed E-state index contributed by atoms with van der Waals surface area (Å²) in [4.78, 5) is 79.9. The molecule has 2 aliphatic rings. The van der Waals surface area contributed by atoms with E-state index in [1.54, 1.807) is 25.7 Å². The van der Waals surface area contributed by atoms with E-state index in [0.717, 1.165) is 12.8 Å². The predicted octanol–water partition coefficient (Wildman–Crippen LogP) is 0.0175. The number of likely N-dealkylation sites (tertiary alicyclic amines) is 1. The van der Waals surface area contributed by atoms with Gasteiger partial charge in [0.2, 0.25) is 23.5 Å². The van der Waals surface area contributed by atoms with E-state index in [4.69, 9.17) is 10.5 Å². The normalized spacial score (nSPS) is 21.9. The second-order valence-corrected chi connectivity index (χ2v) is 12.3. The van der Waals surface area contributed by atoms with Crippen molar-refractivity contribution in [3.63, 3.8) is 0 Å². The molecule has 0 aromatic carbocycles. The van der Waals surface area contributed by atoms with Gasteiger partial charge in [0.1, 0.15) is 12.1 Å². The highest BCUT2D eigenvalue weighted by Gasteiger charge is 2.48. The Morgan fingerprint density at radius 2 is 1.71 bits per heavy atom. The molecule has 1 aliphatic heterocycles. The molecule has 0 aromatic rings. The summed E-state index contributed by atoms with van der Waals surface area (Å²) in [6.07, 6.45) is 2.15. The summed E-state index contributed by atoms with van der Waals surface area (Å²) >= 11 is 0. The fraction of sp³-hybridized carbons (Fsp3) is 0.786. The zero-order chi connectivity index (χ0) is 31.1. The molecule has 0 bridgehead atoms. The molecule has 13 nitrogen and oxygen atoms in total. The highest BCUT2D eigenvalue weighted by Crippen LogP contribution is 2.35. The van der Waals surface area contributed by atoms with Crippen molar-refractivity contribution in [1.82, 2.24) is 25.8 Å². The van der Waals surface area contributed by atoms with E-state index in [-0.39, 0.29) is 36.8 Å². The van der Waals surface area contributed by atoms with Crippen molar-refractivity contribution in [1.29, 1.82) is 0 Å². The Bertz CT molecular complexity index is 993. The van der Waals surface area contributed by atoms with Crippen LogP contribution < -0.4 is 21.7 Å². The van der Waals surface area contributed by atoms with E-state index in [9.17, 15) is 28.8 Å². The molecule has 5 N–H and O–H groups in total. The Kier molecular flexibility index (Phi) is 12.1. The van der Waals surface area contributed by atoms with Crippen LogP contribution in [0.25, 0.3) is 0 Å². The number of amides is 6. The zero-order valence-electron chi connectivity index (χ0n) is 25.5. The molecule has 0 radical (unpaired) electrons. The van der Waals surface area contributed by atoms with Crippen LogP contribution in [0.3, 0.4) is 0 Å². The predicted molar refractivity (Wildman–Crippen MR) is 151 cm³/mol. The maximum absolute atomic E-state index is 13.9. The first-order chi connectivity index (χ1) is 19.1. The summed E-state index contributed by atoms with van der Waals surface area (Å²) in [7, 11) is 1.54. The number of methoxy groups -OCH3 is 1. The molecule has 41 heavy (non-hydrogen) atoms. The van der Waals surface area contributed by atoms with Gasteiger partial charge < -0.3 is 36.2 Å². The molecule has 1 saturated heterocycles. The molecular weight excluding hydrogens is 532 g/mol. The Morgan fingerprint density at radius 1 is 1.07 bits per heavy atom. The van der Waals surface area contributed by atoms with Gasteiger partial charge in [0.25, 0.3) is 5.91 Å². The first kappa shape index (κ1) is 34.0. The number of urea groups is 1. The van der Waals surface area contributed by atoms with Gasteiger partial charge in [-0.3, -0.25) is 24.0 Å². The van der Waals surface area contributed by atoms with Crippen molar-refractivity contribution < 1.29 is 33.5 Å². The summed E-state index contributed by atoms with van der Waals surface area (Å²) < 4.78 is 5.02. The van der Waals surface area contributed by atoms with Crippen LogP contribution >= 0.6 is 0 Å². The van der Waals surface area contributed by atoms with E-state index in [2.05, 4.69) is 16.0 Å². The molecule has 1 heterocycles. The van der Waals surface area contributed by atoms with E-state index >= 15 is 0 Å². The second kappa shape index (κ2) is 14.6. The van der Waals surface area contributed by atoms with Gasteiger partial charge in [-0.15, -0.1) is 0 Å². The molecule has 5 atom stereocenters. The number of carbonyl (C=O) groups is 6. The Labute approximate surface area is 242 Å². The number of carbonyl (C=O) groups excluding carboxylic acids is 6. The standard InChI is InChI=1S/C28H48N6O7/c1-8-33(11-12-41-7)20(35)14-30-27(40)32-23(28(4,5)6)26(39)34-15-16(2)17(3)21(34)25(38)31-19(13-18-9-10-18)22(36)24(29)37/h16-19,21,23H,8-15H2,1-7H3,(H2,29,37)(H,31,38)(H2,30,32,40). The third-order valence-corrected chi connectivity index (χ3v) is 8.00. The number of nitrogens with zero attached hydrogens (tertiary/aromatic N) is 2. The quantitative estimate of drug-likeness (QED) is 0.209. The SMILES string of the molecule is CCN(CCOC)C(=O)CNC(=O)NC(C(=O)N1CC(C)C(C)C1C(=O)NC(CC1CC1)C(=O)C(N)=O)C(C)(C)C. The Hall–Kier alpha value is -3.22. The smallest absolute Gasteiger partial charge is 0.315 e. The zero-order valence-corrected chi connectivity index (χ0v) is 25.5. The molecule has 6 amide bonds. The monoisotopic (exact) mass is 580 g/mol. The molecule has 1 aliphatic carbocycles. The summed E-state index contributed by atoms with van der Waals surface area (Å²) in [5.74, 6) is -3.29. The molecule has 1 saturated carbocycles. The van der Waals surface area contributed by atoms with E-state index in [1.165, 1.54) is 12.0 Å². The van der Waals surface area contributed by atoms with Crippen LogP contribution in [0.5, 0.6) is 0 Å². The van der Waals surface area contributed by atoms with Crippen LogP contribution in [-0.4, -0.2) is 103 Å². The Balaban J connectivity index is 2.17. The van der Waals surface area contributed by atoms with Crippen molar-refractivity contribution in [3.8, 4) is 0 Å². The Morgan fingerprint density at radius 3 is 2.22 bits per heavy atom. The first-order valence-electron chi connectivity index (χ1n) is 14.4. The van der Waals surface area contributed by atoms with E-state index in [0.29, 0.717) is 26.1 Å². The molecule has 0 spiro atoms. The minimum Gasteiger partial charge on any atom is -0.383 e. The lowest BCUT2D eigenvalue weighted by Gasteiger charge is -2.36. The number of Topliss-reactive ketones (excluding diaryl/α,β-unsaturated/α-hetero) is 1. The number of ether oxygens (including phenoxy) is 1. The summed E-state index contributed by atoms with van der Waals surface area (Å²) in [5, 5.41) is 7.93. The maximum atomic E-state index is 13.9. The third kappa shape index (κ3) is 9.40. The van der Waals surface area contributed by atoms with Gasteiger partial charge in [-0.25, -0.2) is 4.79 Å². The molecule has 5 unspecified atom stereocenters. The fourth-order valence-corrected chi connectivity index (χ4v) is 5.06. The van der Waals surface area contributed by atoms with E-state index in [1.807, 2.05) is 20.8 Å². The van der Waals surface area contributed by atoms with Crippen LogP contribution in [-0.2, 0) is 28.7 Å². The number of nitrogens with one attached hydrogen (secondary N) is 3. The number of hydrogen-bond acceptors (Lipinski definition) is 7. The van der Waals surface area contributed by atoms with Crippen LogP contribution in [0.4, 0.5) is 4.79 Å². The topological polar surface area (TPSA) is 180 Å². The number of nitrogens with two attached hydrogens (primary N) is 1. The largest absolute Gasteiger partial charge is 0.383 e. The summed E-state index contributed by atoms with van der Waals surface area (Å²) in [6, 6.07) is -3.66. The average molecular weight is 581 g/mol. The molecule has 2 rings (SSSR count). The van der Waals surface area contributed by atoms with Gasteiger partial charge in [-0.05, 0) is 36.5 Å². The molecular formula is C28H48N6O7. The number of hydrogen-bond donors (Lipinski definition) is 4. The van der Waals surface area contributed by atoms with Crippen molar-refractivity contribution in [2.75, 3.05) is 39.9 Å². The summed E-state index contributed by atoms with van der Waals surface area (Å²) in [6.45, 7) is 12.2. The molecule has 232 valence electrons.